The first-order valence-corrected chi connectivity index (χ1v) is 10.7. The van der Waals surface area contributed by atoms with Gasteiger partial charge in [0.1, 0.15) is 11.5 Å². The summed E-state index contributed by atoms with van der Waals surface area (Å²) in [5.41, 5.74) is 1.09. The number of rotatable bonds is 9. The van der Waals surface area contributed by atoms with Crippen LogP contribution >= 0.6 is 24.0 Å². The van der Waals surface area contributed by atoms with Gasteiger partial charge in [-0.3, -0.25) is 4.99 Å². The second-order valence-corrected chi connectivity index (χ2v) is 7.79. The summed E-state index contributed by atoms with van der Waals surface area (Å²) >= 11 is 0. The van der Waals surface area contributed by atoms with Crippen LogP contribution in [0, 0.1) is 0 Å². The molecule has 170 valence electrons. The maximum atomic E-state index is 6.28. The highest BCUT2D eigenvalue weighted by Gasteiger charge is 2.19. The largest absolute Gasteiger partial charge is 0.497 e. The molecular formula is C22H36IN3O4. The Hall–Kier alpha value is -1.26. The number of hydrogen-bond acceptors (Lipinski definition) is 5. The van der Waals surface area contributed by atoms with E-state index in [9.17, 15) is 0 Å². The van der Waals surface area contributed by atoms with Gasteiger partial charge in [0.25, 0.3) is 0 Å². The van der Waals surface area contributed by atoms with Crippen molar-refractivity contribution in [2.24, 2.45) is 4.99 Å². The first-order valence-electron chi connectivity index (χ1n) is 10.7. The zero-order chi connectivity index (χ0) is 20.5. The van der Waals surface area contributed by atoms with Crippen molar-refractivity contribution < 1.29 is 18.9 Å². The molecule has 0 bridgehead atoms. The van der Waals surface area contributed by atoms with Crippen molar-refractivity contribution in [2.75, 3.05) is 34.0 Å². The highest BCUT2D eigenvalue weighted by atomic mass is 127. The van der Waals surface area contributed by atoms with Gasteiger partial charge in [-0.1, -0.05) is 0 Å². The maximum Gasteiger partial charge on any atom is 0.191 e. The van der Waals surface area contributed by atoms with Crippen LogP contribution in [-0.2, 0) is 16.0 Å². The van der Waals surface area contributed by atoms with Crippen LogP contribution in [0.2, 0.25) is 0 Å². The van der Waals surface area contributed by atoms with Crippen molar-refractivity contribution in [2.45, 2.75) is 63.8 Å². The molecule has 2 N–H and O–H groups in total. The Bertz CT molecular complexity index is 662. The molecule has 0 amide bonds. The van der Waals surface area contributed by atoms with Crippen LogP contribution in [-0.4, -0.2) is 58.2 Å². The fourth-order valence-electron chi connectivity index (χ4n) is 3.68. The van der Waals surface area contributed by atoms with Gasteiger partial charge in [-0.2, -0.15) is 0 Å². The summed E-state index contributed by atoms with van der Waals surface area (Å²) in [5, 5.41) is 6.77. The molecule has 7 nitrogen and oxygen atoms in total. The van der Waals surface area contributed by atoms with Gasteiger partial charge in [0.05, 0.1) is 32.5 Å². The number of nitrogens with zero attached hydrogens (tertiary/aromatic N) is 1. The number of benzene rings is 1. The van der Waals surface area contributed by atoms with E-state index in [2.05, 4.69) is 28.6 Å². The van der Waals surface area contributed by atoms with Crippen molar-refractivity contribution in [3.8, 4) is 11.5 Å². The highest BCUT2D eigenvalue weighted by molar-refractivity contribution is 14.0. The van der Waals surface area contributed by atoms with Crippen molar-refractivity contribution in [1.82, 2.24) is 10.6 Å². The number of hydrogen-bond donors (Lipinski definition) is 2. The molecule has 1 aromatic carbocycles. The first kappa shape index (κ1) is 25.0. The van der Waals surface area contributed by atoms with Crippen molar-refractivity contribution in [3.63, 3.8) is 0 Å². The standard InChI is InChI=1S/C22H35N3O4.HI/c1-16(14-28-20-10-11-27-15-20)25-22(23-2)24-13-17-8-9-19(26-3)12-21(17)29-18-6-4-5-7-18;/h8-9,12,16,18,20H,4-7,10-11,13-15H2,1-3H3,(H2,23,24,25);1H. The molecule has 1 aliphatic carbocycles. The van der Waals surface area contributed by atoms with E-state index in [-0.39, 0.29) is 36.1 Å². The van der Waals surface area contributed by atoms with E-state index < -0.39 is 0 Å². The van der Waals surface area contributed by atoms with Crippen LogP contribution in [0.4, 0.5) is 0 Å². The monoisotopic (exact) mass is 533 g/mol. The molecule has 8 heteroatoms. The van der Waals surface area contributed by atoms with Crippen LogP contribution in [0.3, 0.4) is 0 Å². The van der Waals surface area contributed by atoms with E-state index in [0.29, 0.717) is 25.9 Å². The second kappa shape index (κ2) is 13.2. The average Bonchev–Trinajstić information content (AvgIpc) is 3.44. The van der Waals surface area contributed by atoms with Crippen molar-refractivity contribution in [3.05, 3.63) is 23.8 Å². The second-order valence-electron chi connectivity index (χ2n) is 7.79. The Kier molecular flexibility index (Phi) is 11.0. The van der Waals surface area contributed by atoms with Gasteiger partial charge < -0.3 is 29.6 Å². The number of methoxy groups -OCH3 is 1. The minimum Gasteiger partial charge on any atom is -0.497 e. The third-order valence-corrected chi connectivity index (χ3v) is 5.39. The lowest BCUT2D eigenvalue weighted by Crippen LogP contribution is -2.44. The number of aliphatic imine (C=N–C) groups is 1. The van der Waals surface area contributed by atoms with Crippen LogP contribution in [0.25, 0.3) is 0 Å². The van der Waals surface area contributed by atoms with E-state index in [4.69, 9.17) is 18.9 Å². The molecule has 1 saturated carbocycles. The van der Waals surface area contributed by atoms with Crippen molar-refractivity contribution >= 4 is 29.9 Å². The van der Waals surface area contributed by atoms with Gasteiger partial charge in [-0.05, 0) is 51.2 Å². The molecule has 30 heavy (non-hydrogen) atoms. The molecule has 1 heterocycles. The van der Waals surface area contributed by atoms with Gasteiger partial charge in [0, 0.05) is 37.9 Å². The first-order chi connectivity index (χ1) is 14.2. The molecule has 3 rings (SSSR count). The maximum absolute atomic E-state index is 6.28. The summed E-state index contributed by atoms with van der Waals surface area (Å²) in [6.07, 6.45) is 6.21. The Morgan fingerprint density at radius 2 is 2.03 bits per heavy atom. The number of halogens is 1. The van der Waals surface area contributed by atoms with Crippen LogP contribution in [0.5, 0.6) is 11.5 Å². The van der Waals surface area contributed by atoms with Crippen molar-refractivity contribution in [1.29, 1.82) is 0 Å². The normalized spacial score (nSPS) is 20.5. The molecule has 1 saturated heterocycles. The number of ether oxygens (including phenoxy) is 4. The lowest BCUT2D eigenvalue weighted by atomic mass is 10.2. The van der Waals surface area contributed by atoms with E-state index in [1.807, 2.05) is 12.1 Å². The molecule has 2 unspecified atom stereocenters. The van der Waals surface area contributed by atoms with E-state index in [0.717, 1.165) is 48.9 Å². The Labute approximate surface area is 197 Å². The fraction of sp³-hybridized carbons (Fsp3) is 0.682. The summed E-state index contributed by atoms with van der Waals surface area (Å²) in [5.74, 6) is 2.44. The summed E-state index contributed by atoms with van der Waals surface area (Å²) < 4.78 is 22.9. The predicted octanol–water partition coefficient (Wildman–Crippen LogP) is 3.49. The quantitative estimate of drug-likeness (QED) is 0.288. The zero-order valence-corrected chi connectivity index (χ0v) is 20.6. The molecule has 2 fully saturated rings. The number of guanidine groups is 1. The van der Waals surface area contributed by atoms with Crippen LogP contribution < -0.4 is 20.1 Å². The van der Waals surface area contributed by atoms with Gasteiger partial charge >= 0.3 is 0 Å². The molecule has 1 aromatic rings. The topological polar surface area (TPSA) is 73.3 Å². The molecule has 0 radical (unpaired) electrons. The third-order valence-electron chi connectivity index (χ3n) is 5.39. The van der Waals surface area contributed by atoms with Crippen LogP contribution in [0.1, 0.15) is 44.6 Å². The van der Waals surface area contributed by atoms with Crippen LogP contribution in [0.15, 0.2) is 23.2 Å². The zero-order valence-electron chi connectivity index (χ0n) is 18.3. The summed E-state index contributed by atoms with van der Waals surface area (Å²) in [7, 11) is 3.46. The molecule has 0 spiro atoms. The molecular weight excluding hydrogens is 497 g/mol. The Morgan fingerprint density at radius 1 is 1.23 bits per heavy atom. The summed E-state index contributed by atoms with van der Waals surface area (Å²) in [6, 6.07) is 6.14. The van der Waals surface area contributed by atoms with E-state index in [1.165, 1.54) is 12.8 Å². The lowest BCUT2D eigenvalue weighted by Gasteiger charge is -2.21. The minimum absolute atomic E-state index is 0. The third kappa shape index (κ3) is 7.77. The molecule has 2 aliphatic rings. The summed E-state index contributed by atoms with van der Waals surface area (Å²) in [4.78, 5) is 4.34. The Balaban J connectivity index is 0.00000320. The average molecular weight is 533 g/mol. The lowest BCUT2D eigenvalue weighted by molar-refractivity contribution is 0.0347. The molecule has 0 aromatic heterocycles. The minimum atomic E-state index is 0. The van der Waals surface area contributed by atoms with Gasteiger partial charge in [0.2, 0.25) is 0 Å². The van der Waals surface area contributed by atoms with E-state index in [1.54, 1.807) is 14.2 Å². The van der Waals surface area contributed by atoms with Gasteiger partial charge in [-0.25, -0.2) is 0 Å². The Morgan fingerprint density at radius 3 is 2.70 bits per heavy atom. The van der Waals surface area contributed by atoms with Gasteiger partial charge in [-0.15, -0.1) is 24.0 Å². The number of nitrogens with one attached hydrogen (secondary N) is 2. The SMILES string of the molecule is CN=C(NCc1ccc(OC)cc1OC1CCCC1)NC(C)COC1CCOC1.I. The predicted molar refractivity (Wildman–Crippen MR) is 129 cm³/mol. The highest BCUT2D eigenvalue weighted by Crippen LogP contribution is 2.30. The molecule has 1 aliphatic heterocycles. The van der Waals surface area contributed by atoms with E-state index >= 15 is 0 Å². The molecule has 2 atom stereocenters. The smallest absolute Gasteiger partial charge is 0.191 e. The fourth-order valence-corrected chi connectivity index (χ4v) is 3.68. The summed E-state index contributed by atoms with van der Waals surface area (Å²) in [6.45, 7) is 4.82. The van der Waals surface area contributed by atoms with Gasteiger partial charge in [0.15, 0.2) is 5.96 Å².